The van der Waals surface area contributed by atoms with Gasteiger partial charge in [-0.15, -0.1) is 0 Å². The van der Waals surface area contributed by atoms with E-state index < -0.39 is 8.32 Å². The van der Waals surface area contributed by atoms with Crippen LogP contribution in [0.1, 0.15) is 46.0 Å². The number of hydrogen-bond acceptors (Lipinski definition) is 3. The van der Waals surface area contributed by atoms with E-state index >= 15 is 0 Å². The third kappa shape index (κ3) is 4.27. The molecule has 0 bridgehead atoms. The molecule has 0 radical (unpaired) electrons. The molecule has 0 amide bonds. The van der Waals surface area contributed by atoms with Crippen LogP contribution in [0.25, 0.3) is 0 Å². The number of ether oxygens (including phenoxy) is 1. The van der Waals surface area contributed by atoms with Gasteiger partial charge in [0.1, 0.15) is 0 Å². The Kier molecular flexibility index (Phi) is 5.78. The molecule has 0 N–H and O–H groups in total. The Morgan fingerprint density at radius 2 is 1.96 bits per heavy atom. The Bertz CT molecular complexity index is 454. The molecule has 0 aromatic heterocycles. The highest BCUT2D eigenvalue weighted by atomic mass is 28.4. The molecule has 0 heterocycles. The second-order valence-electron chi connectivity index (χ2n) is 8.70. The van der Waals surface area contributed by atoms with Crippen LogP contribution in [-0.2, 0) is 14.0 Å². The van der Waals surface area contributed by atoms with Crippen molar-refractivity contribution < 1.29 is 14.0 Å². The zero-order valence-corrected chi connectivity index (χ0v) is 16.7. The monoisotopic (exact) mass is 338 g/mol. The fraction of sp³-hybridized carbons (Fsp3) is 0.842. The number of hydrogen-bond donors (Lipinski definition) is 0. The molecule has 0 spiro atoms. The van der Waals surface area contributed by atoms with E-state index in [1.54, 1.807) is 6.08 Å². The van der Waals surface area contributed by atoms with E-state index in [1.165, 1.54) is 39.2 Å². The third-order valence-electron chi connectivity index (χ3n) is 6.01. The lowest BCUT2D eigenvalue weighted by atomic mass is 9.62. The highest BCUT2D eigenvalue weighted by Crippen LogP contribution is 2.58. The minimum Gasteiger partial charge on any atom is -0.466 e. The van der Waals surface area contributed by atoms with Gasteiger partial charge in [0.25, 0.3) is 0 Å². The van der Waals surface area contributed by atoms with E-state index in [9.17, 15) is 4.79 Å². The summed E-state index contributed by atoms with van der Waals surface area (Å²) in [6.07, 6.45) is 10.4. The molecule has 2 unspecified atom stereocenters. The summed E-state index contributed by atoms with van der Waals surface area (Å²) in [5.74, 6) is 1.48. The van der Waals surface area contributed by atoms with Gasteiger partial charge in [0, 0.05) is 12.2 Å². The van der Waals surface area contributed by atoms with E-state index in [2.05, 4.69) is 33.5 Å². The van der Waals surface area contributed by atoms with Crippen molar-refractivity contribution in [2.75, 3.05) is 7.11 Å². The molecule has 0 saturated heterocycles. The normalized spacial score (nSPS) is 36.0. The average molecular weight is 339 g/mol. The van der Waals surface area contributed by atoms with Crippen LogP contribution in [0.2, 0.25) is 19.6 Å². The highest BCUT2D eigenvalue weighted by molar-refractivity contribution is 6.69. The molecule has 0 aromatic rings. The summed E-state index contributed by atoms with van der Waals surface area (Å²) in [5, 5.41) is 0. The van der Waals surface area contributed by atoms with Gasteiger partial charge in [-0.2, -0.15) is 0 Å². The number of carbonyl (C=O) groups excluding carboxylic acids is 1. The number of fused-ring (bicyclic) bond motifs is 1. The van der Waals surface area contributed by atoms with Gasteiger partial charge in [0.05, 0.1) is 7.11 Å². The van der Waals surface area contributed by atoms with Crippen LogP contribution in [0.3, 0.4) is 0 Å². The van der Waals surface area contributed by atoms with Gasteiger partial charge in [0.2, 0.25) is 0 Å². The van der Waals surface area contributed by atoms with Crippen molar-refractivity contribution in [2.24, 2.45) is 23.2 Å². The Morgan fingerprint density at radius 3 is 2.57 bits per heavy atom. The quantitative estimate of drug-likeness (QED) is 0.411. The molecule has 2 aliphatic carbocycles. The van der Waals surface area contributed by atoms with Crippen molar-refractivity contribution in [3.63, 3.8) is 0 Å². The van der Waals surface area contributed by atoms with Gasteiger partial charge in [-0.1, -0.05) is 26.3 Å². The van der Waals surface area contributed by atoms with E-state index in [-0.39, 0.29) is 5.97 Å². The lowest BCUT2D eigenvalue weighted by molar-refractivity contribution is -0.134. The zero-order valence-electron chi connectivity index (χ0n) is 15.7. The second-order valence-corrected chi connectivity index (χ2v) is 13.2. The summed E-state index contributed by atoms with van der Waals surface area (Å²) in [6.45, 7) is 11.6. The molecule has 132 valence electrons. The first-order valence-electron chi connectivity index (χ1n) is 9.11. The first-order chi connectivity index (χ1) is 10.7. The molecular weight excluding hydrogens is 304 g/mol. The van der Waals surface area contributed by atoms with Crippen molar-refractivity contribution >= 4 is 14.3 Å². The van der Waals surface area contributed by atoms with Crippen LogP contribution < -0.4 is 0 Å². The summed E-state index contributed by atoms with van der Waals surface area (Å²) in [5.41, 5.74) is 0.350. The van der Waals surface area contributed by atoms with Crippen LogP contribution in [0.4, 0.5) is 0 Å². The standard InChI is InChI=1S/C19H34O3Si/c1-14(9-12-18(20)21-3)15-10-11-16-17(22-23(4,5)6)8-7-13-19(15,16)2/h9,12,14-17H,7-8,10-11,13H2,1-6H3/t14-,15-,16?,17?,19-/m1/s1. The van der Waals surface area contributed by atoms with Crippen molar-refractivity contribution in [3.8, 4) is 0 Å². The van der Waals surface area contributed by atoms with Gasteiger partial charge >= 0.3 is 5.97 Å². The fourth-order valence-electron chi connectivity index (χ4n) is 5.05. The minimum absolute atomic E-state index is 0.250. The number of rotatable bonds is 5. The highest BCUT2D eigenvalue weighted by Gasteiger charge is 2.53. The summed E-state index contributed by atoms with van der Waals surface area (Å²) in [6, 6.07) is 0. The van der Waals surface area contributed by atoms with Crippen LogP contribution in [-0.4, -0.2) is 27.5 Å². The van der Waals surface area contributed by atoms with Gasteiger partial charge in [-0.05, 0) is 68.5 Å². The first kappa shape index (κ1) is 18.7. The Morgan fingerprint density at radius 1 is 1.26 bits per heavy atom. The maximum Gasteiger partial charge on any atom is 0.330 e. The average Bonchev–Trinajstić information content (AvgIpc) is 2.81. The molecule has 2 aliphatic rings. The SMILES string of the molecule is COC(=O)C=C[C@@H](C)[C@H]1CCC2C(O[Si](C)(C)C)CCC[C@@]21C. The Labute approximate surface area is 142 Å². The number of esters is 1. The van der Waals surface area contributed by atoms with Gasteiger partial charge in [0.15, 0.2) is 8.32 Å². The Hall–Kier alpha value is -0.613. The molecule has 2 saturated carbocycles. The minimum atomic E-state index is -1.50. The number of carbonyl (C=O) groups is 1. The van der Waals surface area contributed by atoms with Gasteiger partial charge in [-0.3, -0.25) is 0 Å². The first-order valence-corrected chi connectivity index (χ1v) is 12.5. The van der Waals surface area contributed by atoms with Crippen LogP contribution in [0.5, 0.6) is 0 Å². The lowest BCUT2D eigenvalue weighted by Gasteiger charge is -2.47. The summed E-state index contributed by atoms with van der Waals surface area (Å²) < 4.78 is 11.3. The predicted octanol–water partition coefficient (Wildman–Crippen LogP) is 4.79. The number of allylic oxidation sites excluding steroid dienone is 1. The van der Waals surface area contributed by atoms with Crippen molar-refractivity contribution in [3.05, 3.63) is 12.2 Å². The van der Waals surface area contributed by atoms with Crippen molar-refractivity contribution in [2.45, 2.75) is 71.7 Å². The maximum atomic E-state index is 11.4. The molecular formula is C19H34O3Si. The third-order valence-corrected chi connectivity index (χ3v) is 7.02. The molecule has 23 heavy (non-hydrogen) atoms. The molecule has 3 nitrogen and oxygen atoms in total. The van der Waals surface area contributed by atoms with E-state index in [4.69, 9.17) is 9.16 Å². The summed E-state index contributed by atoms with van der Waals surface area (Å²) in [7, 11) is -0.0626. The largest absolute Gasteiger partial charge is 0.466 e. The maximum absolute atomic E-state index is 11.4. The smallest absolute Gasteiger partial charge is 0.330 e. The van der Waals surface area contributed by atoms with E-state index in [0.717, 1.165) is 0 Å². The Balaban J connectivity index is 2.11. The van der Waals surface area contributed by atoms with E-state index in [1.807, 2.05) is 6.08 Å². The van der Waals surface area contributed by atoms with Crippen LogP contribution in [0.15, 0.2) is 12.2 Å². The lowest BCUT2D eigenvalue weighted by Crippen LogP contribution is -2.46. The van der Waals surface area contributed by atoms with Crippen molar-refractivity contribution in [1.29, 1.82) is 0 Å². The van der Waals surface area contributed by atoms with Crippen molar-refractivity contribution in [1.82, 2.24) is 0 Å². The molecule has 5 atom stereocenters. The van der Waals surface area contributed by atoms with Crippen LogP contribution in [0, 0.1) is 23.2 Å². The van der Waals surface area contributed by atoms with Gasteiger partial charge < -0.3 is 9.16 Å². The molecule has 0 aliphatic heterocycles. The molecule has 2 fully saturated rings. The summed E-state index contributed by atoms with van der Waals surface area (Å²) in [4.78, 5) is 11.4. The predicted molar refractivity (Wildman–Crippen MR) is 96.7 cm³/mol. The number of methoxy groups -OCH3 is 1. The fourth-order valence-corrected chi connectivity index (χ4v) is 6.24. The second kappa shape index (κ2) is 7.10. The topological polar surface area (TPSA) is 35.5 Å². The zero-order chi connectivity index (χ0) is 17.3. The molecule has 2 rings (SSSR count). The molecule has 4 heteroatoms. The van der Waals surface area contributed by atoms with Gasteiger partial charge in [-0.25, -0.2) is 4.79 Å². The van der Waals surface area contributed by atoms with Crippen LogP contribution >= 0.6 is 0 Å². The van der Waals surface area contributed by atoms with E-state index in [0.29, 0.717) is 29.3 Å². The summed E-state index contributed by atoms with van der Waals surface area (Å²) >= 11 is 0. The molecule has 0 aromatic carbocycles.